The molecule has 26 heavy (non-hydrogen) atoms. The van der Waals surface area contributed by atoms with E-state index in [1.807, 2.05) is 36.4 Å². The molecule has 2 aromatic carbocycles. The van der Waals surface area contributed by atoms with E-state index in [1.165, 1.54) is 5.69 Å². The van der Waals surface area contributed by atoms with Crippen molar-refractivity contribution in [1.29, 1.82) is 0 Å². The van der Waals surface area contributed by atoms with E-state index in [0.29, 0.717) is 6.61 Å². The molecule has 1 saturated heterocycles. The normalized spacial score (nSPS) is 15.1. The largest absolute Gasteiger partial charge is 0.497 e. The molecule has 1 aliphatic heterocycles. The van der Waals surface area contributed by atoms with Crippen LogP contribution in [0.5, 0.6) is 11.5 Å². The summed E-state index contributed by atoms with van der Waals surface area (Å²) < 4.78 is 11.0. The first-order valence-electron chi connectivity index (χ1n) is 9.22. The zero-order valence-corrected chi connectivity index (χ0v) is 15.4. The molecule has 0 saturated carbocycles. The number of aliphatic hydroxyl groups is 1. The lowest BCUT2D eigenvalue weighted by Crippen LogP contribution is -2.46. The van der Waals surface area contributed by atoms with Crippen LogP contribution in [0.4, 0.5) is 5.69 Å². The maximum Gasteiger partial charge on any atom is 0.119 e. The van der Waals surface area contributed by atoms with Crippen molar-refractivity contribution in [3.8, 4) is 11.5 Å². The van der Waals surface area contributed by atoms with Gasteiger partial charge in [0.2, 0.25) is 0 Å². The van der Waals surface area contributed by atoms with Crippen molar-refractivity contribution < 1.29 is 14.6 Å². The Morgan fingerprint density at radius 2 is 1.73 bits per heavy atom. The van der Waals surface area contributed by atoms with Crippen molar-refractivity contribution in [2.24, 2.45) is 0 Å². The Morgan fingerprint density at radius 3 is 2.42 bits per heavy atom. The number of ether oxygens (including phenoxy) is 2. The number of rotatable bonds is 8. The molecular formula is C21H28N2O3. The van der Waals surface area contributed by atoms with Gasteiger partial charge in [0.05, 0.1) is 20.3 Å². The van der Waals surface area contributed by atoms with Crippen molar-refractivity contribution in [2.45, 2.75) is 13.0 Å². The molecular weight excluding hydrogens is 328 g/mol. The second kappa shape index (κ2) is 9.46. The average molecular weight is 356 g/mol. The highest BCUT2D eigenvalue weighted by molar-refractivity contribution is 5.49. The van der Waals surface area contributed by atoms with Crippen molar-refractivity contribution in [3.05, 3.63) is 54.1 Å². The van der Waals surface area contributed by atoms with Gasteiger partial charge in [0.15, 0.2) is 0 Å². The van der Waals surface area contributed by atoms with E-state index in [2.05, 4.69) is 21.9 Å². The van der Waals surface area contributed by atoms with Gasteiger partial charge < -0.3 is 19.5 Å². The monoisotopic (exact) mass is 356 g/mol. The molecule has 0 radical (unpaired) electrons. The summed E-state index contributed by atoms with van der Waals surface area (Å²) in [4.78, 5) is 4.92. The van der Waals surface area contributed by atoms with Crippen LogP contribution in [-0.2, 0) is 6.61 Å². The number of benzene rings is 2. The number of hydrogen-bond acceptors (Lipinski definition) is 5. The number of aliphatic hydroxyl groups excluding tert-OH is 1. The van der Waals surface area contributed by atoms with Crippen molar-refractivity contribution >= 4 is 5.69 Å². The molecule has 0 aromatic heterocycles. The Balaban J connectivity index is 1.36. The van der Waals surface area contributed by atoms with Crippen LogP contribution in [0.15, 0.2) is 48.5 Å². The molecule has 1 fully saturated rings. The van der Waals surface area contributed by atoms with Crippen LogP contribution in [0, 0.1) is 0 Å². The first-order chi connectivity index (χ1) is 12.8. The van der Waals surface area contributed by atoms with E-state index in [1.54, 1.807) is 7.11 Å². The van der Waals surface area contributed by atoms with Gasteiger partial charge in [0.1, 0.15) is 11.5 Å². The fourth-order valence-corrected chi connectivity index (χ4v) is 3.23. The van der Waals surface area contributed by atoms with Gasteiger partial charge in [-0.3, -0.25) is 4.90 Å². The average Bonchev–Trinajstić information content (AvgIpc) is 2.72. The van der Waals surface area contributed by atoms with Crippen molar-refractivity contribution in [1.82, 2.24) is 4.90 Å². The van der Waals surface area contributed by atoms with Crippen LogP contribution in [0.3, 0.4) is 0 Å². The molecule has 0 atom stereocenters. The molecule has 5 heteroatoms. The molecule has 2 aromatic rings. The third kappa shape index (κ3) is 5.13. The summed E-state index contributed by atoms with van der Waals surface area (Å²) in [7, 11) is 1.70. The van der Waals surface area contributed by atoms with Gasteiger partial charge in [0, 0.05) is 38.4 Å². The summed E-state index contributed by atoms with van der Waals surface area (Å²) in [6.45, 7) is 6.05. The van der Waals surface area contributed by atoms with Crippen LogP contribution in [0.1, 0.15) is 12.0 Å². The lowest BCUT2D eigenvalue weighted by Gasteiger charge is -2.36. The van der Waals surface area contributed by atoms with Gasteiger partial charge in [0.25, 0.3) is 0 Å². The number of piperazine rings is 1. The molecule has 5 nitrogen and oxygen atoms in total. The highest BCUT2D eigenvalue weighted by Crippen LogP contribution is 2.20. The van der Waals surface area contributed by atoms with Gasteiger partial charge in [-0.2, -0.15) is 0 Å². The topological polar surface area (TPSA) is 45.2 Å². The Morgan fingerprint density at radius 1 is 0.962 bits per heavy atom. The predicted molar refractivity (Wildman–Crippen MR) is 104 cm³/mol. The lowest BCUT2D eigenvalue weighted by atomic mass is 10.2. The minimum Gasteiger partial charge on any atom is -0.497 e. The number of methoxy groups -OCH3 is 1. The van der Waals surface area contributed by atoms with Crippen LogP contribution < -0.4 is 14.4 Å². The maximum atomic E-state index is 9.16. The lowest BCUT2D eigenvalue weighted by molar-refractivity contribution is 0.224. The van der Waals surface area contributed by atoms with Gasteiger partial charge >= 0.3 is 0 Å². The maximum absolute atomic E-state index is 9.16. The minimum atomic E-state index is 0.0513. The number of nitrogens with zero attached hydrogens (tertiary/aromatic N) is 2. The van der Waals surface area contributed by atoms with Gasteiger partial charge in [-0.15, -0.1) is 0 Å². The van der Waals surface area contributed by atoms with E-state index in [0.717, 1.165) is 56.2 Å². The summed E-state index contributed by atoms with van der Waals surface area (Å²) >= 11 is 0. The highest BCUT2D eigenvalue weighted by Gasteiger charge is 2.16. The van der Waals surface area contributed by atoms with E-state index in [4.69, 9.17) is 14.6 Å². The third-order valence-corrected chi connectivity index (χ3v) is 4.78. The summed E-state index contributed by atoms with van der Waals surface area (Å²) in [5.74, 6) is 1.73. The Bertz CT molecular complexity index is 667. The first-order valence-corrected chi connectivity index (χ1v) is 9.22. The molecule has 0 aliphatic carbocycles. The van der Waals surface area contributed by atoms with Crippen molar-refractivity contribution in [3.63, 3.8) is 0 Å². The summed E-state index contributed by atoms with van der Waals surface area (Å²) in [5, 5.41) is 9.16. The zero-order chi connectivity index (χ0) is 18.2. The molecule has 0 unspecified atom stereocenters. The molecule has 0 spiro atoms. The van der Waals surface area contributed by atoms with Gasteiger partial charge in [-0.05, 0) is 48.4 Å². The molecule has 0 bridgehead atoms. The zero-order valence-electron chi connectivity index (χ0n) is 15.4. The summed E-state index contributed by atoms with van der Waals surface area (Å²) in [6, 6.07) is 15.9. The predicted octanol–water partition coefficient (Wildman–Crippen LogP) is 2.78. The Kier molecular flexibility index (Phi) is 6.75. The van der Waals surface area contributed by atoms with Gasteiger partial charge in [-0.1, -0.05) is 12.1 Å². The van der Waals surface area contributed by atoms with Crippen LogP contribution >= 0.6 is 0 Å². The Hall–Kier alpha value is -2.24. The number of hydrogen-bond donors (Lipinski definition) is 1. The van der Waals surface area contributed by atoms with Crippen LogP contribution in [0.25, 0.3) is 0 Å². The van der Waals surface area contributed by atoms with Gasteiger partial charge in [-0.25, -0.2) is 0 Å². The smallest absolute Gasteiger partial charge is 0.119 e. The van der Waals surface area contributed by atoms with Crippen LogP contribution in [-0.4, -0.2) is 56.4 Å². The highest BCUT2D eigenvalue weighted by atomic mass is 16.5. The third-order valence-electron chi connectivity index (χ3n) is 4.78. The standard InChI is InChI=1S/C21H28N2O3/c1-25-20-8-6-19(7-9-20)23-13-11-22(12-14-23)10-3-15-26-21-5-2-4-18(16-21)17-24/h2,4-9,16,24H,3,10-15,17H2,1H3. The molecule has 1 aliphatic rings. The van der Waals surface area contributed by atoms with E-state index >= 15 is 0 Å². The fourth-order valence-electron chi connectivity index (χ4n) is 3.23. The fraction of sp³-hybridized carbons (Fsp3) is 0.429. The van der Waals surface area contributed by atoms with E-state index in [9.17, 15) is 0 Å². The number of anilines is 1. The molecule has 1 N–H and O–H groups in total. The minimum absolute atomic E-state index is 0.0513. The second-order valence-electron chi connectivity index (χ2n) is 6.53. The summed E-state index contributed by atoms with van der Waals surface area (Å²) in [5.41, 5.74) is 2.15. The molecule has 3 rings (SSSR count). The Labute approximate surface area is 155 Å². The summed E-state index contributed by atoms with van der Waals surface area (Å²) in [6.07, 6.45) is 1.01. The SMILES string of the molecule is COc1ccc(N2CCN(CCCOc3cccc(CO)c3)CC2)cc1. The van der Waals surface area contributed by atoms with E-state index < -0.39 is 0 Å². The first kappa shape index (κ1) is 18.5. The molecule has 140 valence electrons. The van der Waals surface area contributed by atoms with Crippen molar-refractivity contribution in [2.75, 3.05) is 51.3 Å². The molecule has 1 heterocycles. The molecule has 0 amide bonds. The van der Waals surface area contributed by atoms with Crippen LogP contribution in [0.2, 0.25) is 0 Å². The second-order valence-corrected chi connectivity index (χ2v) is 6.53. The quantitative estimate of drug-likeness (QED) is 0.737. The van der Waals surface area contributed by atoms with E-state index in [-0.39, 0.29) is 6.61 Å².